The highest BCUT2D eigenvalue weighted by molar-refractivity contribution is 7.80. The van der Waals surface area contributed by atoms with Crippen molar-refractivity contribution in [2.45, 2.75) is 38.1 Å². The molecule has 1 heterocycles. The first-order valence-electron chi connectivity index (χ1n) is 10.0. The summed E-state index contributed by atoms with van der Waals surface area (Å²) in [4.78, 5) is 12.5. The highest BCUT2D eigenvalue weighted by atomic mass is 35.5. The average molecular weight is 415 g/mol. The third kappa shape index (κ3) is 3.46. The second kappa shape index (κ2) is 7.20. The molecular weight excluding hydrogens is 392 g/mol. The number of rotatable bonds is 3. The van der Waals surface area contributed by atoms with Gasteiger partial charge >= 0.3 is 0 Å². The molecule has 2 aromatic rings. The van der Waals surface area contributed by atoms with Gasteiger partial charge in [-0.1, -0.05) is 11.6 Å². The molecule has 0 aliphatic heterocycles. The van der Waals surface area contributed by atoms with Crippen LogP contribution in [0.3, 0.4) is 0 Å². The number of amides is 1. The lowest BCUT2D eigenvalue weighted by molar-refractivity contribution is -0.00692. The maximum absolute atomic E-state index is 12.5. The Balaban J connectivity index is 1.21. The van der Waals surface area contributed by atoms with Gasteiger partial charge in [0, 0.05) is 16.6 Å². The van der Waals surface area contributed by atoms with E-state index in [-0.39, 0.29) is 11.7 Å². The van der Waals surface area contributed by atoms with Crippen molar-refractivity contribution in [3.05, 3.63) is 47.2 Å². The van der Waals surface area contributed by atoms with Gasteiger partial charge in [0.25, 0.3) is 5.91 Å². The number of halogens is 1. The van der Waals surface area contributed by atoms with Gasteiger partial charge in [-0.05, 0) is 104 Å². The number of nitrogens with one attached hydrogen (secondary N) is 2. The molecule has 1 aromatic carbocycles. The van der Waals surface area contributed by atoms with Crippen LogP contribution in [0.2, 0.25) is 5.02 Å². The number of thiocarbonyl (C=S) groups is 1. The summed E-state index contributed by atoms with van der Waals surface area (Å²) in [6.07, 6.45) is 6.66. The van der Waals surface area contributed by atoms with Crippen molar-refractivity contribution >= 4 is 34.8 Å². The van der Waals surface area contributed by atoms with Gasteiger partial charge in [0.1, 0.15) is 5.76 Å². The molecule has 6 heteroatoms. The number of hydrogen-bond acceptors (Lipinski definition) is 3. The van der Waals surface area contributed by atoms with Crippen LogP contribution in [0, 0.1) is 23.7 Å². The lowest BCUT2D eigenvalue weighted by Crippen LogP contribution is -2.57. The summed E-state index contributed by atoms with van der Waals surface area (Å²) >= 11 is 11.4. The highest BCUT2D eigenvalue weighted by Crippen LogP contribution is 2.53. The molecule has 0 unspecified atom stereocenters. The first-order chi connectivity index (χ1) is 13.5. The summed E-state index contributed by atoms with van der Waals surface area (Å²) in [6, 6.07) is 11.2. The highest BCUT2D eigenvalue weighted by Gasteiger charge is 2.48. The molecule has 6 rings (SSSR count). The van der Waals surface area contributed by atoms with Crippen molar-refractivity contribution in [3.63, 3.8) is 0 Å². The lowest BCUT2D eigenvalue weighted by atomic mass is 9.54. The smallest absolute Gasteiger partial charge is 0.293 e. The Bertz CT molecular complexity index is 880. The fourth-order valence-corrected chi connectivity index (χ4v) is 6.10. The third-order valence-electron chi connectivity index (χ3n) is 6.71. The van der Waals surface area contributed by atoms with Crippen molar-refractivity contribution < 1.29 is 9.21 Å². The molecule has 146 valence electrons. The van der Waals surface area contributed by atoms with E-state index in [0.29, 0.717) is 33.8 Å². The van der Waals surface area contributed by atoms with E-state index in [1.807, 2.05) is 12.1 Å². The topological polar surface area (TPSA) is 54.3 Å². The zero-order valence-corrected chi connectivity index (χ0v) is 17.1. The summed E-state index contributed by atoms with van der Waals surface area (Å²) in [7, 11) is 0. The molecular formula is C22H23ClN2O2S. The monoisotopic (exact) mass is 414 g/mol. The molecule has 4 fully saturated rings. The SMILES string of the molecule is O=C(NC(=S)NC1C2CC3CC(C2)CC1C3)c1ccc(-c2ccc(Cl)cc2)o1. The fraction of sp³-hybridized carbons (Fsp3) is 0.455. The predicted octanol–water partition coefficient (Wildman–Crippen LogP) is 5.03. The van der Waals surface area contributed by atoms with Gasteiger partial charge in [0.05, 0.1) is 0 Å². The first kappa shape index (κ1) is 18.2. The van der Waals surface area contributed by atoms with E-state index in [2.05, 4.69) is 10.6 Å². The summed E-state index contributed by atoms with van der Waals surface area (Å²) in [5.74, 6) is 3.79. The molecule has 4 saturated carbocycles. The largest absolute Gasteiger partial charge is 0.451 e. The number of carbonyl (C=O) groups excluding carboxylic acids is 1. The van der Waals surface area contributed by atoms with E-state index < -0.39 is 0 Å². The van der Waals surface area contributed by atoms with Crippen LogP contribution in [0.5, 0.6) is 0 Å². The maximum Gasteiger partial charge on any atom is 0.293 e. The van der Waals surface area contributed by atoms with Crippen molar-refractivity contribution in [2.24, 2.45) is 23.7 Å². The summed E-state index contributed by atoms with van der Waals surface area (Å²) in [5.41, 5.74) is 0.873. The van der Waals surface area contributed by atoms with Gasteiger partial charge in [0.2, 0.25) is 0 Å². The minimum atomic E-state index is -0.318. The van der Waals surface area contributed by atoms with Crippen molar-refractivity contribution in [2.75, 3.05) is 0 Å². The molecule has 0 saturated heterocycles. The lowest BCUT2D eigenvalue weighted by Gasteiger charge is -2.54. The molecule has 0 spiro atoms. The second-order valence-corrected chi connectivity index (χ2v) is 9.40. The number of furan rings is 1. The van der Waals surface area contributed by atoms with E-state index in [0.717, 1.165) is 17.4 Å². The Labute approximate surface area is 175 Å². The number of benzene rings is 1. The Morgan fingerprint density at radius 3 is 2.25 bits per heavy atom. The van der Waals surface area contributed by atoms with E-state index in [1.165, 1.54) is 32.1 Å². The standard InChI is InChI=1S/C22H23ClN2O2S/c23-17-3-1-14(2-4-17)18-5-6-19(27-18)21(26)25-22(28)24-20-15-8-12-7-13(10-15)11-16(20)9-12/h1-6,12-13,15-16,20H,7-11H2,(H2,24,25,26,28). The summed E-state index contributed by atoms with van der Waals surface area (Å²) in [6.45, 7) is 0. The van der Waals surface area contributed by atoms with E-state index in [1.54, 1.807) is 24.3 Å². The number of hydrogen-bond donors (Lipinski definition) is 2. The van der Waals surface area contributed by atoms with E-state index >= 15 is 0 Å². The van der Waals surface area contributed by atoms with Crippen LogP contribution in [0.4, 0.5) is 0 Å². The van der Waals surface area contributed by atoms with Gasteiger partial charge in [-0.25, -0.2) is 0 Å². The molecule has 0 radical (unpaired) electrons. The molecule has 4 aliphatic carbocycles. The van der Waals surface area contributed by atoms with Crippen LogP contribution in [-0.2, 0) is 0 Å². The van der Waals surface area contributed by atoms with Gasteiger partial charge in [-0.2, -0.15) is 0 Å². The molecule has 4 aliphatic rings. The number of carbonyl (C=O) groups is 1. The minimum Gasteiger partial charge on any atom is -0.451 e. The Morgan fingerprint density at radius 2 is 1.61 bits per heavy atom. The average Bonchev–Trinajstić information content (AvgIpc) is 3.15. The van der Waals surface area contributed by atoms with Crippen LogP contribution in [0.15, 0.2) is 40.8 Å². The molecule has 1 aromatic heterocycles. The zero-order chi connectivity index (χ0) is 19.3. The molecule has 4 nitrogen and oxygen atoms in total. The Kier molecular flexibility index (Phi) is 4.68. The Hall–Kier alpha value is -1.85. The Morgan fingerprint density at radius 1 is 0.964 bits per heavy atom. The molecule has 1 amide bonds. The van der Waals surface area contributed by atoms with Gasteiger partial charge in [0.15, 0.2) is 10.9 Å². The van der Waals surface area contributed by atoms with Crippen molar-refractivity contribution in [1.82, 2.24) is 10.6 Å². The quantitative estimate of drug-likeness (QED) is 0.691. The fourth-order valence-electron chi connectivity index (χ4n) is 5.74. The third-order valence-corrected chi connectivity index (χ3v) is 7.18. The molecule has 2 N–H and O–H groups in total. The van der Waals surface area contributed by atoms with Crippen LogP contribution in [0.25, 0.3) is 11.3 Å². The van der Waals surface area contributed by atoms with Gasteiger partial charge in [-0.15, -0.1) is 0 Å². The van der Waals surface area contributed by atoms with E-state index in [9.17, 15) is 4.79 Å². The van der Waals surface area contributed by atoms with Gasteiger partial charge in [-0.3, -0.25) is 10.1 Å². The zero-order valence-electron chi connectivity index (χ0n) is 15.5. The van der Waals surface area contributed by atoms with Crippen molar-refractivity contribution in [1.29, 1.82) is 0 Å². The molecule has 28 heavy (non-hydrogen) atoms. The van der Waals surface area contributed by atoms with Gasteiger partial charge < -0.3 is 9.73 Å². The summed E-state index contributed by atoms with van der Waals surface area (Å²) < 4.78 is 5.71. The maximum atomic E-state index is 12.5. The molecule has 4 bridgehead atoms. The summed E-state index contributed by atoms with van der Waals surface area (Å²) in [5, 5.41) is 7.32. The normalized spacial score (nSPS) is 30.2. The van der Waals surface area contributed by atoms with Crippen LogP contribution in [0.1, 0.15) is 42.7 Å². The van der Waals surface area contributed by atoms with E-state index in [4.69, 9.17) is 28.2 Å². The predicted molar refractivity (Wildman–Crippen MR) is 113 cm³/mol. The van der Waals surface area contributed by atoms with Crippen LogP contribution >= 0.6 is 23.8 Å². The minimum absolute atomic E-state index is 0.249. The second-order valence-electron chi connectivity index (χ2n) is 8.55. The van der Waals surface area contributed by atoms with Crippen molar-refractivity contribution in [3.8, 4) is 11.3 Å². The first-order valence-corrected chi connectivity index (χ1v) is 10.8. The molecule has 0 atom stereocenters. The van der Waals surface area contributed by atoms with Crippen LogP contribution < -0.4 is 10.6 Å². The van der Waals surface area contributed by atoms with Crippen LogP contribution in [-0.4, -0.2) is 17.1 Å².